The van der Waals surface area contributed by atoms with Crippen molar-refractivity contribution >= 4 is 18.4 Å². The van der Waals surface area contributed by atoms with Crippen molar-refractivity contribution in [2.24, 2.45) is 0 Å². The van der Waals surface area contributed by atoms with Gasteiger partial charge in [0.25, 0.3) is 0 Å². The van der Waals surface area contributed by atoms with E-state index in [1.807, 2.05) is 91.0 Å². The first-order valence-electron chi connectivity index (χ1n) is 11.4. The quantitative estimate of drug-likeness (QED) is 0.334. The number of carbonyl (C=O) groups excluding carboxylic acids is 1. The Hall–Kier alpha value is -2.62. The zero-order chi connectivity index (χ0) is 21.4. The van der Waals surface area contributed by atoms with E-state index in [2.05, 4.69) is 4.90 Å². The van der Waals surface area contributed by atoms with Crippen LogP contribution in [-0.4, -0.2) is 37.1 Å². The SMILES string of the molecule is Cl.O=C(OCCN1CCCCCC1)C(c1ccccc1)(c1ccccc1)c1ccccc1. The van der Waals surface area contributed by atoms with Crippen LogP contribution in [0.1, 0.15) is 42.4 Å². The van der Waals surface area contributed by atoms with Crippen LogP contribution in [0.4, 0.5) is 0 Å². The molecule has 1 aliphatic rings. The van der Waals surface area contributed by atoms with E-state index in [0.29, 0.717) is 6.61 Å². The van der Waals surface area contributed by atoms with Gasteiger partial charge in [0.15, 0.2) is 0 Å². The van der Waals surface area contributed by atoms with Crippen LogP contribution in [0.25, 0.3) is 0 Å². The van der Waals surface area contributed by atoms with Crippen molar-refractivity contribution in [2.75, 3.05) is 26.2 Å². The van der Waals surface area contributed by atoms with Gasteiger partial charge in [-0.3, -0.25) is 9.69 Å². The van der Waals surface area contributed by atoms with Gasteiger partial charge >= 0.3 is 5.97 Å². The first-order chi connectivity index (χ1) is 15.3. The molecule has 0 unspecified atom stereocenters. The fourth-order valence-electron chi connectivity index (χ4n) is 4.65. The second-order valence-electron chi connectivity index (χ2n) is 8.24. The summed E-state index contributed by atoms with van der Waals surface area (Å²) in [6.45, 7) is 3.39. The molecule has 0 radical (unpaired) electrons. The van der Waals surface area contributed by atoms with Crippen molar-refractivity contribution in [2.45, 2.75) is 31.1 Å². The molecule has 1 heterocycles. The molecular weight excluding hydrogens is 418 g/mol. The third kappa shape index (κ3) is 5.23. The van der Waals surface area contributed by atoms with Crippen LogP contribution in [0.5, 0.6) is 0 Å². The Morgan fingerprint density at radius 2 is 1.09 bits per heavy atom. The molecule has 1 aliphatic heterocycles. The number of hydrogen-bond donors (Lipinski definition) is 0. The number of nitrogens with zero attached hydrogens (tertiary/aromatic N) is 1. The molecule has 0 N–H and O–H groups in total. The molecule has 0 saturated carbocycles. The second-order valence-corrected chi connectivity index (χ2v) is 8.24. The van der Waals surface area contributed by atoms with Gasteiger partial charge < -0.3 is 4.74 Å². The Labute approximate surface area is 197 Å². The molecule has 32 heavy (non-hydrogen) atoms. The molecule has 4 heteroatoms. The summed E-state index contributed by atoms with van der Waals surface area (Å²) < 4.78 is 6.03. The fraction of sp³-hybridized carbons (Fsp3) is 0.321. The van der Waals surface area contributed by atoms with E-state index in [0.717, 1.165) is 36.3 Å². The molecule has 0 aliphatic carbocycles. The van der Waals surface area contributed by atoms with Crippen LogP contribution < -0.4 is 0 Å². The summed E-state index contributed by atoms with van der Waals surface area (Å²) >= 11 is 0. The van der Waals surface area contributed by atoms with Crippen LogP contribution in [0, 0.1) is 0 Å². The number of esters is 1. The zero-order valence-corrected chi connectivity index (χ0v) is 19.3. The number of halogens is 1. The molecule has 4 rings (SSSR count). The lowest BCUT2D eigenvalue weighted by Gasteiger charge is -2.33. The minimum absolute atomic E-state index is 0. The summed E-state index contributed by atoms with van der Waals surface area (Å²) in [7, 11) is 0. The van der Waals surface area contributed by atoms with E-state index in [1.165, 1.54) is 25.7 Å². The highest BCUT2D eigenvalue weighted by molar-refractivity contribution is 5.92. The topological polar surface area (TPSA) is 29.5 Å². The van der Waals surface area contributed by atoms with Gasteiger partial charge in [0.2, 0.25) is 0 Å². The molecule has 0 spiro atoms. The first-order valence-corrected chi connectivity index (χ1v) is 11.4. The van der Waals surface area contributed by atoms with E-state index < -0.39 is 5.41 Å². The van der Waals surface area contributed by atoms with E-state index in [1.54, 1.807) is 0 Å². The molecule has 0 amide bonds. The number of hydrogen-bond acceptors (Lipinski definition) is 3. The van der Waals surface area contributed by atoms with Crippen LogP contribution in [0.15, 0.2) is 91.0 Å². The van der Waals surface area contributed by atoms with Crippen molar-refractivity contribution in [3.63, 3.8) is 0 Å². The smallest absolute Gasteiger partial charge is 0.325 e. The summed E-state index contributed by atoms with van der Waals surface area (Å²) in [5.74, 6) is -0.217. The second kappa shape index (κ2) is 11.8. The fourth-order valence-corrected chi connectivity index (χ4v) is 4.65. The minimum Gasteiger partial charge on any atom is -0.463 e. The van der Waals surface area contributed by atoms with Gasteiger partial charge in [0.05, 0.1) is 0 Å². The standard InChI is InChI=1S/C28H31NO2.ClH/c30-27(31-23-22-29-20-12-1-2-13-21-29)28(24-14-6-3-7-15-24,25-16-8-4-9-17-25)26-18-10-5-11-19-26;/h3-11,14-19H,1-2,12-13,20-23H2;1H. The molecule has 0 bridgehead atoms. The number of ether oxygens (including phenoxy) is 1. The Balaban J connectivity index is 0.00000289. The summed E-state index contributed by atoms with van der Waals surface area (Å²) in [6, 6.07) is 30.0. The van der Waals surface area contributed by atoms with Gasteiger partial charge in [0.1, 0.15) is 12.0 Å². The van der Waals surface area contributed by atoms with E-state index in [-0.39, 0.29) is 18.4 Å². The number of likely N-dealkylation sites (tertiary alicyclic amines) is 1. The summed E-state index contributed by atoms with van der Waals surface area (Å²) in [5.41, 5.74) is 1.77. The highest BCUT2D eigenvalue weighted by atomic mass is 35.5. The molecule has 168 valence electrons. The third-order valence-corrected chi connectivity index (χ3v) is 6.27. The molecular formula is C28H32ClNO2. The van der Waals surface area contributed by atoms with Crippen LogP contribution in [0.3, 0.4) is 0 Å². The van der Waals surface area contributed by atoms with Crippen LogP contribution in [0.2, 0.25) is 0 Å². The summed E-state index contributed by atoms with van der Waals surface area (Å²) in [5, 5.41) is 0. The molecule has 0 atom stereocenters. The molecule has 1 saturated heterocycles. The highest BCUT2D eigenvalue weighted by Crippen LogP contribution is 2.40. The van der Waals surface area contributed by atoms with E-state index >= 15 is 0 Å². The number of benzene rings is 3. The van der Waals surface area contributed by atoms with Crippen LogP contribution >= 0.6 is 12.4 Å². The van der Waals surface area contributed by atoms with E-state index in [9.17, 15) is 4.79 Å². The molecule has 3 nitrogen and oxygen atoms in total. The zero-order valence-electron chi connectivity index (χ0n) is 18.5. The van der Waals surface area contributed by atoms with Crippen LogP contribution in [-0.2, 0) is 14.9 Å². The minimum atomic E-state index is -0.997. The predicted molar refractivity (Wildman–Crippen MR) is 132 cm³/mol. The Morgan fingerprint density at radius 1 is 0.688 bits per heavy atom. The largest absolute Gasteiger partial charge is 0.463 e. The highest BCUT2D eigenvalue weighted by Gasteiger charge is 2.45. The van der Waals surface area contributed by atoms with Gasteiger partial charge in [0, 0.05) is 6.54 Å². The molecule has 0 aromatic heterocycles. The first kappa shape index (κ1) is 24.0. The average molecular weight is 450 g/mol. The Bertz CT molecular complexity index is 842. The Kier molecular flexibility index (Phi) is 8.90. The number of rotatable bonds is 7. The average Bonchev–Trinajstić information content (AvgIpc) is 3.11. The predicted octanol–water partition coefficient (Wildman–Crippen LogP) is 5.86. The number of carbonyl (C=O) groups is 1. The monoisotopic (exact) mass is 449 g/mol. The van der Waals surface area contributed by atoms with Gasteiger partial charge in [-0.15, -0.1) is 12.4 Å². The van der Waals surface area contributed by atoms with Crippen molar-refractivity contribution in [3.05, 3.63) is 108 Å². The third-order valence-electron chi connectivity index (χ3n) is 6.27. The maximum atomic E-state index is 13.9. The molecule has 3 aromatic carbocycles. The lowest BCUT2D eigenvalue weighted by molar-refractivity contribution is -0.147. The lowest BCUT2D eigenvalue weighted by Crippen LogP contribution is -2.41. The van der Waals surface area contributed by atoms with E-state index in [4.69, 9.17) is 4.74 Å². The normalized spacial score (nSPS) is 14.8. The lowest BCUT2D eigenvalue weighted by atomic mass is 9.69. The molecule has 3 aromatic rings. The maximum absolute atomic E-state index is 13.9. The summed E-state index contributed by atoms with van der Waals surface area (Å²) in [4.78, 5) is 16.4. The maximum Gasteiger partial charge on any atom is 0.325 e. The van der Waals surface area contributed by atoms with Crippen molar-refractivity contribution in [1.29, 1.82) is 0 Å². The van der Waals surface area contributed by atoms with Crippen molar-refractivity contribution in [1.82, 2.24) is 4.90 Å². The van der Waals surface area contributed by atoms with Gasteiger partial charge in [-0.25, -0.2) is 0 Å². The van der Waals surface area contributed by atoms with Crippen molar-refractivity contribution < 1.29 is 9.53 Å². The van der Waals surface area contributed by atoms with Crippen molar-refractivity contribution in [3.8, 4) is 0 Å². The summed E-state index contributed by atoms with van der Waals surface area (Å²) in [6.07, 6.45) is 5.07. The van der Waals surface area contributed by atoms with Gasteiger partial charge in [-0.05, 0) is 42.6 Å². The van der Waals surface area contributed by atoms with Gasteiger partial charge in [-0.1, -0.05) is 104 Å². The molecule has 1 fully saturated rings. The van der Waals surface area contributed by atoms with Gasteiger partial charge in [-0.2, -0.15) is 0 Å². The Morgan fingerprint density at radius 3 is 1.50 bits per heavy atom.